The summed E-state index contributed by atoms with van der Waals surface area (Å²) in [5.74, 6) is 0.905. The molecule has 0 unspecified atom stereocenters. The van der Waals surface area contributed by atoms with Crippen molar-refractivity contribution in [3.8, 4) is 5.75 Å². The number of thiocarbonyl (C=S) groups is 1. The zero-order valence-electron chi connectivity index (χ0n) is 14.6. The summed E-state index contributed by atoms with van der Waals surface area (Å²) in [5.41, 5.74) is 0.880. The van der Waals surface area contributed by atoms with Gasteiger partial charge in [-0.2, -0.15) is 0 Å². The Morgan fingerprint density at radius 1 is 1.44 bits per heavy atom. The van der Waals surface area contributed by atoms with Crippen molar-refractivity contribution in [3.63, 3.8) is 0 Å². The smallest absolute Gasteiger partial charge is 0.266 e. The SMILES string of the molecule is COc1cccc(/C=C2/SC(=S)N(CCNC(=O)CC(C)C)C2=O)c1. The van der Waals surface area contributed by atoms with Gasteiger partial charge in [0, 0.05) is 19.5 Å². The molecule has 1 saturated heterocycles. The van der Waals surface area contributed by atoms with Crippen molar-refractivity contribution in [2.45, 2.75) is 20.3 Å². The van der Waals surface area contributed by atoms with Gasteiger partial charge in [-0.15, -0.1) is 0 Å². The average molecular weight is 379 g/mol. The second-order valence-electron chi connectivity index (χ2n) is 6.06. The predicted molar refractivity (Wildman–Crippen MR) is 105 cm³/mol. The molecule has 1 aliphatic rings. The van der Waals surface area contributed by atoms with Crippen molar-refractivity contribution in [2.75, 3.05) is 20.2 Å². The van der Waals surface area contributed by atoms with Gasteiger partial charge in [-0.3, -0.25) is 14.5 Å². The van der Waals surface area contributed by atoms with Crippen LogP contribution < -0.4 is 10.1 Å². The first kappa shape index (κ1) is 19.5. The molecule has 1 N–H and O–H groups in total. The normalized spacial score (nSPS) is 16.0. The van der Waals surface area contributed by atoms with Gasteiger partial charge >= 0.3 is 0 Å². The van der Waals surface area contributed by atoms with Crippen LogP contribution in [0.4, 0.5) is 0 Å². The van der Waals surface area contributed by atoms with E-state index >= 15 is 0 Å². The Kier molecular flexibility index (Phi) is 7.01. The highest BCUT2D eigenvalue weighted by molar-refractivity contribution is 8.26. The molecule has 134 valence electrons. The molecule has 2 rings (SSSR count). The van der Waals surface area contributed by atoms with Gasteiger partial charge in [0.1, 0.15) is 10.1 Å². The third-order valence-corrected chi connectivity index (χ3v) is 4.89. The molecule has 1 aromatic carbocycles. The van der Waals surface area contributed by atoms with E-state index in [0.29, 0.717) is 34.7 Å². The van der Waals surface area contributed by atoms with E-state index in [1.54, 1.807) is 13.2 Å². The molecule has 0 radical (unpaired) electrons. The van der Waals surface area contributed by atoms with E-state index in [2.05, 4.69) is 5.32 Å². The van der Waals surface area contributed by atoms with Crippen molar-refractivity contribution >= 4 is 46.2 Å². The minimum atomic E-state index is -0.129. The van der Waals surface area contributed by atoms with E-state index in [4.69, 9.17) is 17.0 Å². The summed E-state index contributed by atoms with van der Waals surface area (Å²) in [5, 5.41) is 2.82. The molecule has 1 heterocycles. The summed E-state index contributed by atoms with van der Waals surface area (Å²) in [6, 6.07) is 7.48. The van der Waals surface area contributed by atoms with E-state index in [-0.39, 0.29) is 11.8 Å². The number of carbonyl (C=O) groups excluding carboxylic acids is 2. The lowest BCUT2D eigenvalue weighted by atomic mass is 10.1. The maximum Gasteiger partial charge on any atom is 0.266 e. The lowest BCUT2D eigenvalue weighted by molar-refractivity contribution is -0.124. The number of methoxy groups -OCH3 is 1. The fraction of sp³-hybridized carbons (Fsp3) is 0.389. The first-order valence-electron chi connectivity index (χ1n) is 8.07. The lowest BCUT2D eigenvalue weighted by Gasteiger charge is -2.15. The van der Waals surface area contributed by atoms with Crippen molar-refractivity contribution < 1.29 is 14.3 Å². The van der Waals surface area contributed by atoms with E-state index in [1.165, 1.54) is 16.7 Å². The third kappa shape index (κ3) is 5.57. The van der Waals surface area contributed by atoms with Crippen LogP contribution in [0.25, 0.3) is 6.08 Å². The van der Waals surface area contributed by atoms with E-state index in [1.807, 2.05) is 38.1 Å². The van der Waals surface area contributed by atoms with Crippen LogP contribution in [0.2, 0.25) is 0 Å². The largest absolute Gasteiger partial charge is 0.497 e. The number of thioether (sulfide) groups is 1. The van der Waals surface area contributed by atoms with Crippen LogP contribution in [0.1, 0.15) is 25.8 Å². The van der Waals surface area contributed by atoms with Crippen LogP contribution >= 0.6 is 24.0 Å². The van der Waals surface area contributed by atoms with E-state index < -0.39 is 0 Å². The van der Waals surface area contributed by atoms with E-state index in [9.17, 15) is 9.59 Å². The number of rotatable bonds is 7. The summed E-state index contributed by atoms with van der Waals surface area (Å²) >= 11 is 6.57. The molecule has 0 aromatic heterocycles. The first-order chi connectivity index (χ1) is 11.9. The Bertz CT molecular complexity index is 701. The number of ether oxygens (including phenoxy) is 1. The minimum Gasteiger partial charge on any atom is -0.497 e. The number of hydrogen-bond donors (Lipinski definition) is 1. The Hall–Kier alpha value is -1.86. The number of amides is 2. The number of carbonyl (C=O) groups is 2. The van der Waals surface area contributed by atoms with Gasteiger partial charge in [0.05, 0.1) is 12.0 Å². The van der Waals surface area contributed by atoms with Gasteiger partial charge in [0.25, 0.3) is 5.91 Å². The molecule has 0 saturated carbocycles. The van der Waals surface area contributed by atoms with Gasteiger partial charge in [-0.1, -0.05) is 50.0 Å². The highest BCUT2D eigenvalue weighted by atomic mass is 32.2. The fourth-order valence-corrected chi connectivity index (χ4v) is 3.63. The minimum absolute atomic E-state index is 0.00707. The summed E-state index contributed by atoms with van der Waals surface area (Å²) in [6.45, 7) is 4.75. The number of nitrogens with one attached hydrogen (secondary N) is 1. The van der Waals surface area contributed by atoms with Crippen LogP contribution in [0.15, 0.2) is 29.2 Å². The molecule has 2 amide bonds. The summed E-state index contributed by atoms with van der Waals surface area (Å²) in [7, 11) is 1.60. The Balaban J connectivity index is 1.97. The summed E-state index contributed by atoms with van der Waals surface area (Å²) in [6.07, 6.45) is 2.29. The predicted octanol–water partition coefficient (Wildman–Crippen LogP) is 3.06. The van der Waals surface area contributed by atoms with Crippen LogP contribution in [0.5, 0.6) is 5.75 Å². The molecule has 0 spiro atoms. The van der Waals surface area contributed by atoms with Crippen molar-refractivity contribution in [1.29, 1.82) is 0 Å². The second-order valence-corrected chi connectivity index (χ2v) is 7.73. The maximum absolute atomic E-state index is 12.5. The van der Waals surface area contributed by atoms with Gasteiger partial charge in [-0.25, -0.2) is 0 Å². The molecule has 0 aliphatic carbocycles. The zero-order chi connectivity index (χ0) is 18.4. The highest BCUT2D eigenvalue weighted by Crippen LogP contribution is 2.32. The van der Waals surface area contributed by atoms with Gasteiger partial charge < -0.3 is 10.1 Å². The Morgan fingerprint density at radius 3 is 2.88 bits per heavy atom. The molecular weight excluding hydrogens is 356 g/mol. The number of hydrogen-bond acceptors (Lipinski definition) is 5. The molecule has 0 bridgehead atoms. The first-order valence-corrected chi connectivity index (χ1v) is 9.29. The van der Waals surface area contributed by atoms with Gasteiger partial charge in [0.2, 0.25) is 5.91 Å². The van der Waals surface area contributed by atoms with Crippen LogP contribution in [-0.4, -0.2) is 41.2 Å². The monoisotopic (exact) mass is 378 g/mol. The number of benzene rings is 1. The second kappa shape index (κ2) is 9.01. The van der Waals surface area contributed by atoms with Crippen LogP contribution in [0, 0.1) is 5.92 Å². The highest BCUT2D eigenvalue weighted by Gasteiger charge is 2.31. The summed E-state index contributed by atoms with van der Waals surface area (Å²) in [4.78, 5) is 26.3. The lowest BCUT2D eigenvalue weighted by Crippen LogP contribution is -2.37. The molecule has 0 atom stereocenters. The van der Waals surface area contributed by atoms with Crippen molar-refractivity contribution in [1.82, 2.24) is 10.2 Å². The molecular formula is C18H22N2O3S2. The zero-order valence-corrected chi connectivity index (χ0v) is 16.2. The summed E-state index contributed by atoms with van der Waals surface area (Å²) < 4.78 is 5.71. The number of nitrogens with zero attached hydrogens (tertiary/aromatic N) is 1. The molecule has 1 fully saturated rings. The Labute approximate surface area is 157 Å². The Morgan fingerprint density at radius 2 is 2.20 bits per heavy atom. The molecule has 1 aromatic rings. The van der Waals surface area contributed by atoms with E-state index in [0.717, 1.165) is 11.3 Å². The van der Waals surface area contributed by atoms with Crippen LogP contribution in [-0.2, 0) is 9.59 Å². The fourth-order valence-electron chi connectivity index (χ4n) is 2.33. The van der Waals surface area contributed by atoms with Crippen molar-refractivity contribution in [3.05, 3.63) is 34.7 Å². The van der Waals surface area contributed by atoms with Crippen LogP contribution in [0.3, 0.4) is 0 Å². The average Bonchev–Trinajstić information content (AvgIpc) is 2.81. The standard InChI is InChI=1S/C18H22N2O3S2/c1-12(2)9-16(21)19-7-8-20-17(22)15(25-18(20)24)11-13-5-4-6-14(10-13)23-3/h4-6,10-12H,7-9H2,1-3H3,(H,19,21)/b15-11+. The molecule has 5 nitrogen and oxygen atoms in total. The molecule has 1 aliphatic heterocycles. The molecule has 25 heavy (non-hydrogen) atoms. The van der Waals surface area contributed by atoms with Crippen molar-refractivity contribution in [2.24, 2.45) is 5.92 Å². The van der Waals surface area contributed by atoms with Gasteiger partial charge in [0.15, 0.2) is 0 Å². The third-order valence-electron chi connectivity index (χ3n) is 3.52. The maximum atomic E-state index is 12.5. The quantitative estimate of drug-likeness (QED) is 0.584. The molecule has 7 heteroatoms. The van der Waals surface area contributed by atoms with Gasteiger partial charge in [-0.05, 0) is 29.7 Å². The topological polar surface area (TPSA) is 58.6 Å².